The molecule has 0 unspecified atom stereocenters. The number of allylic oxidation sites excluding steroid dienone is 1. The number of ketones is 1. The van der Waals surface area contributed by atoms with Crippen LogP contribution in [0.15, 0.2) is 78.6 Å². The standard InChI is InChI=1S/C26H20O7/c1-30-26(29)19-9-7-17(8-10-19)13-23-25(28)21-12-11-20(14-22(21)33-23)31-16-24(27)32-15-18-5-3-2-4-6-18/h2-14H,15-16H2,1H3. The number of carbonyl (C=O) groups is 3. The van der Waals surface area contributed by atoms with Gasteiger partial charge in [-0.2, -0.15) is 0 Å². The Balaban J connectivity index is 1.36. The van der Waals surface area contributed by atoms with Crippen LogP contribution in [0.5, 0.6) is 11.5 Å². The van der Waals surface area contributed by atoms with Crippen LogP contribution in [0.4, 0.5) is 0 Å². The second-order valence-electron chi connectivity index (χ2n) is 7.15. The first-order valence-electron chi connectivity index (χ1n) is 10.1. The Labute approximate surface area is 190 Å². The number of methoxy groups -OCH3 is 1. The minimum Gasteiger partial charge on any atom is -0.482 e. The minimum atomic E-state index is -0.507. The minimum absolute atomic E-state index is 0.148. The zero-order valence-corrected chi connectivity index (χ0v) is 17.8. The largest absolute Gasteiger partial charge is 0.482 e. The van der Waals surface area contributed by atoms with Crippen molar-refractivity contribution in [3.8, 4) is 11.5 Å². The number of ether oxygens (including phenoxy) is 4. The van der Waals surface area contributed by atoms with Crippen molar-refractivity contribution in [1.82, 2.24) is 0 Å². The van der Waals surface area contributed by atoms with Crippen LogP contribution >= 0.6 is 0 Å². The molecule has 7 nitrogen and oxygen atoms in total. The third-order valence-corrected chi connectivity index (χ3v) is 4.87. The molecule has 3 aromatic carbocycles. The molecule has 0 saturated heterocycles. The van der Waals surface area contributed by atoms with Crippen LogP contribution < -0.4 is 9.47 Å². The fraction of sp³-hybridized carbons (Fsp3) is 0.115. The second kappa shape index (κ2) is 9.82. The number of hydrogen-bond donors (Lipinski definition) is 0. The van der Waals surface area contributed by atoms with E-state index in [0.717, 1.165) is 5.56 Å². The van der Waals surface area contributed by atoms with Gasteiger partial charge in [-0.15, -0.1) is 0 Å². The highest BCUT2D eigenvalue weighted by Gasteiger charge is 2.27. The number of Topliss-reactive ketones (excluding diaryl/α,β-unsaturated/α-hetero) is 1. The molecule has 0 aromatic heterocycles. The van der Waals surface area contributed by atoms with Crippen molar-refractivity contribution in [3.05, 3.63) is 101 Å². The van der Waals surface area contributed by atoms with Gasteiger partial charge in [0.2, 0.25) is 5.78 Å². The summed E-state index contributed by atoms with van der Waals surface area (Å²) in [4.78, 5) is 36.1. The SMILES string of the molecule is COC(=O)c1ccc(C=C2Oc3cc(OCC(=O)OCc4ccccc4)ccc3C2=O)cc1. The molecule has 7 heteroatoms. The Hall–Kier alpha value is -4.39. The van der Waals surface area contributed by atoms with Crippen molar-refractivity contribution in [2.24, 2.45) is 0 Å². The van der Waals surface area contributed by atoms with Gasteiger partial charge in [-0.25, -0.2) is 9.59 Å². The lowest BCUT2D eigenvalue weighted by molar-refractivity contribution is -0.147. The number of benzene rings is 3. The molecule has 0 amide bonds. The number of hydrogen-bond acceptors (Lipinski definition) is 7. The fourth-order valence-corrected chi connectivity index (χ4v) is 3.16. The highest BCUT2D eigenvalue weighted by molar-refractivity contribution is 6.14. The molecule has 1 aliphatic rings. The molecule has 0 saturated carbocycles. The van der Waals surface area contributed by atoms with Gasteiger partial charge in [0, 0.05) is 6.07 Å². The van der Waals surface area contributed by atoms with Crippen molar-refractivity contribution < 1.29 is 33.3 Å². The Morgan fingerprint density at radius 2 is 1.73 bits per heavy atom. The van der Waals surface area contributed by atoms with Gasteiger partial charge in [0.25, 0.3) is 0 Å². The van der Waals surface area contributed by atoms with E-state index in [9.17, 15) is 14.4 Å². The monoisotopic (exact) mass is 444 g/mol. The Kier molecular flexibility index (Phi) is 6.50. The smallest absolute Gasteiger partial charge is 0.344 e. The van der Waals surface area contributed by atoms with E-state index in [1.807, 2.05) is 30.3 Å². The number of rotatable bonds is 7. The third kappa shape index (κ3) is 5.27. The van der Waals surface area contributed by atoms with Crippen LogP contribution in [0.2, 0.25) is 0 Å². The molecule has 0 N–H and O–H groups in total. The predicted molar refractivity (Wildman–Crippen MR) is 119 cm³/mol. The summed E-state index contributed by atoms with van der Waals surface area (Å²) < 4.78 is 21.0. The van der Waals surface area contributed by atoms with E-state index in [1.165, 1.54) is 7.11 Å². The van der Waals surface area contributed by atoms with E-state index in [4.69, 9.17) is 14.2 Å². The summed E-state index contributed by atoms with van der Waals surface area (Å²) >= 11 is 0. The van der Waals surface area contributed by atoms with Gasteiger partial charge in [-0.1, -0.05) is 42.5 Å². The normalized spacial score (nSPS) is 13.2. The first-order chi connectivity index (χ1) is 16.0. The van der Waals surface area contributed by atoms with Crippen molar-refractivity contribution in [2.75, 3.05) is 13.7 Å². The zero-order chi connectivity index (χ0) is 23.2. The maximum Gasteiger partial charge on any atom is 0.344 e. The van der Waals surface area contributed by atoms with E-state index >= 15 is 0 Å². The molecule has 1 aliphatic heterocycles. The average Bonchev–Trinajstić information content (AvgIpc) is 3.16. The summed E-state index contributed by atoms with van der Waals surface area (Å²) in [5.41, 5.74) is 2.38. The van der Waals surface area contributed by atoms with E-state index in [-0.39, 0.29) is 24.8 Å². The average molecular weight is 444 g/mol. The van der Waals surface area contributed by atoms with Crippen molar-refractivity contribution in [2.45, 2.75) is 6.61 Å². The number of esters is 2. The summed E-state index contributed by atoms with van der Waals surface area (Å²) in [5.74, 6) is -0.348. The lowest BCUT2D eigenvalue weighted by Gasteiger charge is -2.08. The topological polar surface area (TPSA) is 88.1 Å². The molecule has 0 atom stereocenters. The number of carbonyl (C=O) groups excluding carboxylic acids is 3. The van der Waals surface area contributed by atoms with Crippen molar-refractivity contribution in [1.29, 1.82) is 0 Å². The summed E-state index contributed by atoms with van der Waals surface area (Å²) in [6.45, 7) is -0.103. The van der Waals surface area contributed by atoms with Gasteiger partial charge in [0.15, 0.2) is 12.4 Å². The molecule has 33 heavy (non-hydrogen) atoms. The highest BCUT2D eigenvalue weighted by atomic mass is 16.6. The highest BCUT2D eigenvalue weighted by Crippen LogP contribution is 2.35. The summed E-state index contributed by atoms with van der Waals surface area (Å²) in [6, 6.07) is 20.7. The predicted octanol–water partition coefficient (Wildman–Crippen LogP) is 4.21. The molecule has 0 aliphatic carbocycles. The van der Waals surface area contributed by atoms with Gasteiger partial charge >= 0.3 is 11.9 Å². The summed E-state index contributed by atoms with van der Waals surface area (Å²) in [5, 5.41) is 0. The molecule has 4 rings (SSSR count). The fourth-order valence-electron chi connectivity index (χ4n) is 3.16. The molecule has 3 aromatic rings. The van der Waals surface area contributed by atoms with Crippen LogP contribution in [-0.2, 0) is 20.9 Å². The van der Waals surface area contributed by atoms with Crippen LogP contribution in [0.25, 0.3) is 6.08 Å². The van der Waals surface area contributed by atoms with Crippen LogP contribution in [0, 0.1) is 0 Å². The Bertz CT molecular complexity index is 1210. The maximum absolute atomic E-state index is 12.6. The molecule has 0 radical (unpaired) electrons. The van der Waals surface area contributed by atoms with Crippen LogP contribution in [-0.4, -0.2) is 31.4 Å². The second-order valence-corrected chi connectivity index (χ2v) is 7.15. The number of fused-ring (bicyclic) bond motifs is 1. The molecule has 0 spiro atoms. The first-order valence-corrected chi connectivity index (χ1v) is 10.1. The molecular weight excluding hydrogens is 424 g/mol. The maximum atomic E-state index is 12.6. The Morgan fingerprint density at radius 1 is 0.970 bits per heavy atom. The van der Waals surface area contributed by atoms with Crippen molar-refractivity contribution in [3.63, 3.8) is 0 Å². The van der Waals surface area contributed by atoms with Crippen LogP contribution in [0.3, 0.4) is 0 Å². The van der Waals surface area contributed by atoms with E-state index < -0.39 is 11.9 Å². The van der Waals surface area contributed by atoms with Gasteiger partial charge in [-0.05, 0) is 41.5 Å². The molecule has 0 bridgehead atoms. The summed E-state index contributed by atoms with van der Waals surface area (Å²) in [7, 11) is 1.31. The molecule has 1 heterocycles. The van der Waals surface area contributed by atoms with Crippen LogP contribution in [0.1, 0.15) is 31.8 Å². The van der Waals surface area contributed by atoms with Gasteiger partial charge in [0.1, 0.15) is 18.1 Å². The van der Waals surface area contributed by atoms with E-state index in [2.05, 4.69) is 4.74 Å². The third-order valence-electron chi connectivity index (χ3n) is 4.87. The first kappa shape index (κ1) is 21.8. The lowest BCUT2D eigenvalue weighted by atomic mass is 10.1. The van der Waals surface area contributed by atoms with Crippen molar-refractivity contribution >= 4 is 23.8 Å². The molecule has 0 fully saturated rings. The summed E-state index contributed by atoms with van der Waals surface area (Å²) in [6.07, 6.45) is 1.59. The van der Waals surface area contributed by atoms with Gasteiger partial charge < -0.3 is 18.9 Å². The zero-order valence-electron chi connectivity index (χ0n) is 17.8. The van der Waals surface area contributed by atoms with Gasteiger partial charge in [0.05, 0.1) is 18.2 Å². The lowest BCUT2D eigenvalue weighted by Crippen LogP contribution is -2.14. The Morgan fingerprint density at radius 3 is 2.45 bits per heavy atom. The van der Waals surface area contributed by atoms with E-state index in [0.29, 0.717) is 28.2 Å². The van der Waals surface area contributed by atoms with E-state index in [1.54, 1.807) is 48.5 Å². The molecular formula is C26H20O7. The van der Waals surface area contributed by atoms with Gasteiger partial charge in [-0.3, -0.25) is 4.79 Å². The molecule has 166 valence electrons. The quantitative estimate of drug-likeness (QED) is 0.398.